The zero-order valence-corrected chi connectivity index (χ0v) is 10.5. The lowest BCUT2D eigenvalue weighted by molar-refractivity contribution is 0.289. The first-order valence-electron chi connectivity index (χ1n) is 5.34. The van der Waals surface area contributed by atoms with Crippen molar-refractivity contribution in [3.05, 3.63) is 59.7 Å². The van der Waals surface area contributed by atoms with Crippen molar-refractivity contribution in [3.8, 4) is 5.75 Å². The molecule has 6 heteroatoms. The molecule has 0 amide bonds. The normalized spacial score (nSPS) is 12.2. The van der Waals surface area contributed by atoms with Crippen molar-refractivity contribution in [1.82, 2.24) is 0 Å². The van der Waals surface area contributed by atoms with Gasteiger partial charge in [-0.25, -0.2) is 13.0 Å². The highest BCUT2D eigenvalue weighted by molar-refractivity contribution is 7.79. The van der Waals surface area contributed by atoms with Crippen LogP contribution < -0.4 is 4.74 Å². The molecule has 19 heavy (non-hydrogen) atoms. The summed E-state index contributed by atoms with van der Waals surface area (Å²) >= 11 is -2.03. The predicted molar refractivity (Wildman–Crippen MR) is 66.2 cm³/mol. The van der Waals surface area contributed by atoms with E-state index in [0.29, 0.717) is 5.56 Å². The second-order valence-electron chi connectivity index (χ2n) is 3.76. The minimum atomic E-state index is -2.03. The maximum atomic E-state index is 13.3. The lowest BCUT2D eigenvalue weighted by Gasteiger charge is -2.07. The number of halogens is 2. The van der Waals surface area contributed by atoms with Crippen LogP contribution in [0.5, 0.6) is 5.75 Å². The van der Waals surface area contributed by atoms with Crippen molar-refractivity contribution in [2.45, 2.75) is 11.5 Å². The molecule has 1 N–H and O–H groups in total. The lowest BCUT2D eigenvalue weighted by atomic mass is 10.2. The average molecular weight is 284 g/mol. The van der Waals surface area contributed by atoms with Gasteiger partial charge in [-0.15, -0.1) is 0 Å². The second-order valence-corrected chi connectivity index (χ2v) is 4.73. The summed E-state index contributed by atoms with van der Waals surface area (Å²) in [5.41, 5.74) is 0.706. The largest absolute Gasteiger partial charge is 0.486 e. The number of hydrogen-bond donors (Lipinski definition) is 1. The topological polar surface area (TPSA) is 46.5 Å². The Morgan fingerprint density at radius 3 is 2.37 bits per heavy atom. The molecule has 0 spiro atoms. The molecule has 0 radical (unpaired) electrons. The van der Waals surface area contributed by atoms with Crippen molar-refractivity contribution in [1.29, 1.82) is 0 Å². The van der Waals surface area contributed by atoms with E-state index in [0.717, 1.165) is 12.1 Å². The zero-order chi connectivity index (χ0) is 13.8. The Labute approximate surface area is 111 Å². The molecule has 0 aliphatic heterocycles. The van der Waals surface area contributed by atoms with E-state index < -0.39 is 22.7 Å². The maximum Gasteiger partial charge on any atom is 0.186 e. The van der Waals surface area contributed by atoms with Crippen LogP contribution in [0.2, 0.25) is 0 Å². The SMILES string of the molecule is O=S(O)c1ccc(COc2ccc(F)cc2F)cc1. The molecule has 100 valence electrons. The van der Waals surface area contributed by atoms with E-state index in [1.165, 1.54) is 18.2 Å². The van der Waals surface area contributed by atoms with Crippen molar-refractivity contribution in [2.75, 3.05) is 0 Å². The summed E-state index contributed by atoms with van der Waals surface area (Å²) in [6.45, 7) is 0.0842. The molecule has 0 saturated heterocycles. The fraction of sp³-hybridized carbons (Fsp3) is 0.0769. The summed E-state index contributed by atoms with van der Waals surface area (Å²) < 4.78 is 50.8. The summed E-state index contributed by atoms with van der Waals surface area (Å²) in [5.74, 6) is -1.48. The Morgan fingerprint density at radius 2 is 1.79 bits per heavy atom. The highest BCUT2D eigenvalue weighted by Gasteiger charge is 2.05. The van der Waals surface area contributed by atoms with Crippen molar-refractivity contribution >= 4 is 11.1 Å². The molecule has 2 aromatic carbocycles. The van der Waals surface area contributed by atoms with Gasteiger partial charge in [-0.1, -0.05) is 12.1 Å². The molecule has 0 heterocycles. The summed E-state index contributed by atoms with van der Waals surface area (Å²) in [4.78, 5) is 0.275. The monoisotopic (exact) mass is 284 g/mol. The van der Waals surface area contributed by atoms with Crippen LogP contribution in [-0.2, 0) is 17.7 Å². The minimum absolute atomic E-state index is 0.0452. The molecule has 0 saturated carbocycles. The Bertz CT molecular complexity index is 599. The second kappa shape index (κ2) is 5.90. The fourth-order valence-electron chi connectivity index (χ4n) is 1.46. The zero-order valence-electron chi connectivity index (χ0n) is 9.68. The molecule has 0 aliphatic carbocycles. The van der Waals surface area contributed by atoms with Crippen molar-refractivity contribution < 1.29 is 22.3 Å². The Hall–Kier alpha value is -1.79. The molecule has 3 nitrogen and oxygen atoms in total. The van der Waals surface area contributed by atoms with E-state index in [1.54, 1.807) is 12.1 Å². The minimum Gasteiger partial charge on any atom is -0.486 e. The van der Waals surface area contributed by atoms with Crippen LogP contribution >= 0.6 is 0 Å². The van der Waals surface area contributed by atoms with Crippen LogP contribution in [0.15, 0.2) is 47.4 Å². The van der Waals surface area contributed by atoms with Crippen molar-refractivity contribution in [3.63, 3.8) is 0 Å². The van der Waals surface area contributed by atoms with Crippen LogP contribution in [0, 0.1) is 11.6 Å². The van der Waals surface area contributed by atoms with Gasteiger partial charge in [0, 0.05) is 6.07 Å². The number of ether oxygens (including phenoxy) is 1. The summed E-state index contributed by atoms with van der Waals surface area (Å²) in [6, 6.07) is 9.23. The molecule has 0 bridgehead atoms. The third kappa shape index (κ3) is 3.59. The van der Waals surface area contributed by atoms with Gasteiger partial charge in [0.05, 0.1) is 4.90 Å². The van der Waals surface area contributed by atoms with Crippen LogP contribution in [0.1, 0.15) is 5.56 Å². The number of hydrogen-bond acceptors (Lipinski definition) is 2. The molecule has 2 rings (SSSR count). The molecular weight excluding hydrogens is 274 g/mol. The van der Waals surface area contributed by atoms with Crippen LogP contribution in [0.25, 0.3) is 0 Å². The molecular formula is C13H10F2O3S. The van der Waals surface area contributed by atoms with Gasteiger partial charge in [-0.05, 0) is 29.8 Å². The van der Waals surface area contributed by atoms with E-state index in [2.05, 4.69) is 0 Å². The van der Waals surface area contributed by atoms with Gasteiger partial charge in [0.1, 0.15) is 12.4 Å². The molecule has 1 atom stereocenters. The van der Waals surface area contributed by atoms with Gasteiger partial charge >= 0.3 is 0 Å². The van der Waals surface area contributed by atoms with Gasteiger partial charge in [0.25, 0.3) is 0 Å². The lowest BCUT2D eigenvalue weighted by Crippen LogP contribution is -1.98. The smallest absolute Gasteiger partial charge is 0.186 e. The molecule has 2 aromatic rings. The van der Waals surface area contributed by atoms with Gasteiger partial charge in [0.15, 0.2) is 22.6 Å². The quantitative estimate of drug-likeness (QED) is 0.877. The highest BCUT2D eigenvalue weighted by atomic mass is 32.2. The van der Waals surface area contributed by atoms with Gasteiger partial charge in [-0.3, -0.25) is 0 Å². The first-order chi connectivity index (χ1) is 9.06. The summed E-state index contributed by atoms with van der Waals surface area (Å²) in [6.07, 6.45) is 0. The third-order valence-corrected chi connectivity index (χ3v) is 3.09. The molecule has 0 aliphatic rings. The van der Waals surface area contributed by atoms with E-state index in [1.807, 2.05) is 0 Å². The molecule has 1 unspecified atom stereocenters. The Balaban J connectivity index is 2.04. The average Bonchev–Trinajstić information content (AvgIpc) is 2.38. The number of rotatable bonds is 4. The van der Waals surface area contributed by atoms with Crippen LogP contribution in [0.3, 0.4) is 0 Å². The molecule has 0 fully saturated rings. The summed E-state index contributed by atoms with van der Waals surface area (Å²) in [7, 11) is 0. The fourth-order valence-corrected chi connectivity index (χ4v) is 1.82. The predicted octanol–water partition coefficient (Wildman–Crippen LogP) is 3.12. The van der Waals surface area contributed by atoms with Gasteiger partial charge in [0.2, 0.25) is 0 Å². The van der Waals surface area contributed by atoms with Gasteiger partial charge in [-0.2, -0.15) is 0 Å². The standard InChI is InChI=1S/C13H10F2O3S/c14-10-3-6-13(12(15)7-10)18-8-9-1-4-11(5-2-9)19(16)17/h1-7H,8H2,(H,16,17). The van der Waals surface area contributed by atoms with Crippen LogP contribution in [-0.4, -0.2) is 8.76 Å². The van der Waals surface area contributed by atoms with E-state index in [9.17, 15) is 13.0 Å². The van der Waals surface area contributed by atoms with Crippen LogP contribution in [0.4, 0.5) is 8.78 Å². The first-order valence-corrected chi connectivity index (χ1v) is 6.44. The van der Waals surface area contributed by atoms with Crippen molar-refractivity contribution in [2.24, 2.45) is 0 Å². The van der Waals surface area contributed by atoms with Gasteiger partial charge < -0.3 is 9.29 Å². The summed E-state index contributed by atoms with van der Waals surface area (Å²) in [5, 5.41) is 0. The van der Waals surface area contributed by atoms with E-state index in [-0.39, 0.29) is 17.3 Å². The Kier molecular flexibility index (Phi) is 4.24. The Morgan fingerprint density at radius 1 is 1.11 bits per heavy atom. The number of benzene rings is 2. The van der Waals surface area contributed by atoms with E-state index >= 15 is 0 Å². The highest BCUT2D eigenvalue weighted by Crippen LogP contribution is 2.19. The van der Waals surface area contributed by atoms with E-state index in [4.69, 9.17) is 9.29 Å². The maximum absolute atomic E-state index is 13.3. The molecule has 0 aromatic heterocycles. The first kappa shape index (κ1) is 13.6. The third-order valence-electron chi connectivity index (χ3n) is 2.41.